The average Bonchev–Trinajstić information content (AvgIpc) is 2.84. The van der Waals surface area contributed by atoms with Crippen LogP contribution in [0.15, 0.2) is 0 Å². The van der Waals surface area contributed by atoms with E-state index in [9.17, 15) is 9.59 Å². The maximum Gasteiger partial charge on any atom is 0.324 e. The van der Waals surface area contributed by atoms with Crippen LogP contribution in [-0.2, 0) is 4.79 Å². The Morgan fingerprint density at radius 1 is 1.54 bits per heavy atom. The van der Waals surface area contributed by atoms with E-state index in [2.05, 4.69) is 5.32 Å². The first-order valence-electron chi connectivity index (χ1n) is 4.30. The van der Waals surface area contributed by atoms with Crippen molar-refractivity contribution in [1.82, 2.24) is 10.2 Å². The molecule has 72 valence electrons. The molecule has 0 radical (unpaired) electrons. The highest BCUT2D eigenvalue weighted by Crippen LogP contribution is 2.47. The zero-order valence-corrected chi connectivity index (χ0v) is 8.32. The summed E-state index contributed by atoms with van der Waals surface area (Å²) in [6.45, 7) is 0.752. The van der Waals surface area contributed by atoms with Gasteiger partial charge < -0.3 is 5.32 Å². The molecule has 3 amide bonds. The summed E-state index contributed by atoms with van der Waals surface area (Å²) in [7, 11) is 0. The summed E-state index contributed by atoms with van der Waals surface area (Å²) in [5.74, 6) is -0.0923. The van der Waals surface area contributed by atoms with Gasteiger partial charge in [0.15, 0.2) is 0 Å². The quantitative estimate of drug-likeness (QED) is 0.672. The summed E-state index contributed by atoms with van der Waals surface area (Å²) < 4.78 is 0.178. The third kappa shape index (κ3) is 1.52. The van der Waals surface area contributed by atoms with E-state index < -0.39 is 0 Å². The lowest BCUT2D eigenvalue weighted by atomic mass is 10.4. The lowest BCUT2D eigenvalue weighted by molar-refractivity contribution is -0.125. The molecule has 0 unspecified atom stereocenters. The molecular formula is C8H12N2O2S. The SMILES string of the molecule is CSC1(CN2C(=O)CNC2=O)CC1. The number of hydrogen-bond donors (Lipinski definition) is 1. The Morgan fingerprint density at radius 2 is 2.23 bits per heavy atom. The molecule has 0 aromatic rings. The van der Waals surface area contributed by atoms with Crippen molar-refractivity contribution in [1.29, 1.82) is 0 Å². The van der Waals surface area contributed by atoms with E-state index >= 15 is 0 Å². The molecule has 1 N–H and O–H groups in total. The summed E-state index contributed by atoms with van der Waals surface area (Å²) in [6.07, 6.45) is 4.27. The molecule has 2 fully saturated rings. The minimum atomic E-state index is -0.231. The van der Waals surface area contributed by atoms with Crippen molar-refractivity contribution in [3.05, 3.63) is 0 Å². The van der Waals surface area contributed by atoms with Crippen LogP contribution in [0, 0.1) is 0 Å². The molecule has 1 aliphatic heterocycles. The standard InChI is InChI=1S/C8H12N2O2S/c1-13-8(2-3-8)5-10-6(11)4-9-7(10)12/h2-5H2,1H3,(H,9,12). The fraction of sp³-hybridized carbons (Fsp3) is 0.750. The number of urea groups is 1. The summed E-state index contributed by atoms with van der Waals surface area (Å²) in [5.41, 5.74) is 0. The van der Waals surface area contributed by atoms with Gasteiger partial charge in [0.25, 0.3) is 0 Å². The molecule has 4 nitrogen and oxygen atoms in total. The Bertz CT molecular complexity index is 247. The zero-order chi connectivity index (χ0) is 9.47. The number of imide groups is 1. The molecular weight excluding hydrogens is 188 g/mol. The first-order valence-corrected chi connectivity index (χ1v) is 5.53. The molecule has 2 rings (SSSR count). The van der Waals surface area contributed by atoms with Crippen LogP contribution in [0.1, 0.15) is 12.8 Å². The Labute approximate surface area is 81.0 Å². The second-order valence-electron chi connectivity index (χ2n) is 3.53. The molecule has 0 spiro atoms. The minimum absolute atomic E-state index is 0.0923. The maximum absolute atomic E-state index is 11.2. The Kier molecular flexibility index (Phi) is 1.98. The topological polar surface area (TPSA) is 49.4 Å². The van der Waals surface area contributed by atoms with Crippen LogP contribution in [0.2, 0.25) is 0 Å². The minimum Gasteiger partial charge on any atom is -0.329 e. The molecule has 13 heavy (non-hydrogen) atoms. The fourth-order valence-corrected chi connectivity index (χ4v) is 2.24. The van der Waals surface area contributed by atoms with Gasteiger partial charge >= 0.3 is 6.03 Å². The van der Waals surface area contributed by atoms with Crippen molar-refractivity contribution in [3.8, 4) is 0 Å². The molecule has 2 aliphatic rings. The van der Waals surface area contributed by atoms with Crippen LogP contribution < -0.4 is 5.32 Å². The van der Waals surface area contributed by atoms with Crippen LogP contribution >= 0.6 is 11.8 Å². The second-order valence-corrected chi connectivity index (χ2v) is 4.80. The van der Waals surface area contributed by atoms with Crippen LogP contribution in [0.5, 0.6) is 0 Å². The second kappa shape index (κ2) is 2.90. The number of amides is 3. The molecule has 5 heteroatoms. The van der Waals surface area contributed by atoms with Gasteiger partial charge in [-0.2, -0.15) is 11.8 Å². The van der Waals surface area contributed by atoms with Crippen molar-refractivity contribution in [2.24, 2.45) is 0 Å². The molecule has 1 saturated heterocycles. The number of carbonyl (C=O) groups is 2. The van der Waals surface area contributed by atoms with E-state index in [0.717, 1.165) is 12.8 Å². The van der Waals surface area contributed by atoms with Gasteiger partial charge in [0.1, 0.15) is 0 Å². The zero-order valence-electron chi connectivity index (χ0n) is 7.50. The third-order valence-electron chi connectivity index (χ3n) is 2.62. The highest BCUT2D eigenvalue weighted by Gasteiger charge is 2.46. The third-order valence-corrected chi connectivity index (χ3v) is 4.03. The first-order chi connectivity index (χ1) is 6.17. The Hall–Kier alpha value is -0.710. The summed E-state index contributed by atoms with van der Waals surface area (Å²) in [4.78, 5) is 23.8. The number of rotatable bonds is 3. The van der Waals surface area contributed by atoms with Gasteiger partial charge in [-0.15, -0.1) is 0 Å². The van der Waals surface area contributed by atoms with Crippen LogP contribution in [0.4, 0.5) is 4.79 Å². The highest BCUT2D eigenvalue weighted by molar-refractivity contribution is 8.00. The number of hydrogen-bond acceptors (Lipinski definition) is 3. The summed E-state index contributed by atoms with van der Waals surface area (Å²) in [5, 5.41) is 2.52. The molecule has 1 aliphatic carbocycles. The van der Waals surface area contributed by atoms with Gasteiger partial charge in [0.05, 0.1) is 6.54 Å². The Balaban J connectivity index is 2.01. The summed E-state index contributed by atoms with van der Waals surface area (Å²) in [6, 6.07) is -0.231. The van der Waals surface area contributed by atoms with E-state index in [-0.39, 0.29) is 23.2 Å². The van der Waals surface area contributed by atoms with E-state index in [1.165, 1.54) is 4.90 Å². The van der Waals surface area contributed by atoms with E-state index in [1.807, 2.05) is 6.26 Å². The van der Waals surface area contributed by atoms with Crippen LogP contribution in [-0.4, -0.2) is 40.9 Å². The van der Waals surface area contributed by atoms with E-state index in [4.69, 9.17) is 0 Å². The largest absolute Gasteiger partial charge is 0.329 e. The van der Waals surface area contributed by atoms with Gasteiger partial charge in [-0.05, 0) is 19.1 Å². The van der Waals surface area contributed by atoms with Crippen molar-refractivity contribution in [2.75, 3.05) is 19.3 Å². The number of nitrogens with one attached hydrogen (secondary N) is 1. The average molecular weight is 200 g/mol. The van der Waals surface area contributed by atoms with Gasteiger partial charge in [-0.25, -0.2) is 4.79 Å². The predicted octanol–water partition coefficient (Wildman–Crippen LogP) is 0.434. The fourth-order valence-electron chi connectivity index (χ4n) is 1.47. The number of thioether (sulfide) groups is 1. The number of nitrogens with zero attached hydrogens (tertiary/aromatic N) is 1. The molecule has 0 aromatic heterocycles. The lowest BCUT2D eigenvalue weighted by Crippen LogP contribution is -2.37. The lowest BCUT2D eigenvalue weighted by Gasteiger charge is -2.18. The van der Waals surface area contributed by atoms with Gasteiger partial charge in [0.2, 0.25) is 5.91 Å². The Morgan fingerprint density at radius 3 is 2.62 bits per heavy atom. The van der Waals surface area contributed by atoms with Crippen molar-refractivity contribution in [2.45, 2.75) is 17.6 Å². The maximum atomic E-state index is 11.2. The molecule has 0 bridgehead atoms. The van der Waals surface area contributed by atoms with E-state index in [1.54, 1.807) is 11.8 Å². The molecule has 0 aromatic carbocycles. The predicted molar refractivity (Wildman–Crippen MR) is 50.6 cm³/mol. The summed E-state index contributed by atoms with van der Waals surface area (Å²) >= 11 is 1.76. The van der Waals surface area contributed by atoms with E-state index in [0.29, 0.717) is 6.54 Å². The van der Waals surface area contributed by atoms with Crippen LogP contribution in [0.25, 0.3) is 0 Å². The monoisotopic (exact) mass is 200 g/mol. The van der Waals surface area contributed by atoms with Crippen molar-refractivity contribution < 1.29 is 9.59 Å². The van der Waals surface area contributed by atoms with Gasteiger partial charge in [-0.3, -0.25) is 9.69 Å². The van der Waals surface area contributed by atoms with Crippen molar-refractivity contribution in [3.63, 3.8) is 0 Å². The number of carbonyl (C=O) groups excluding carboxylic acids is 2. The first kappa shape index (κ1) is 8.87. The highest BCUT2D eigenvalue weighted by atomic mass is 32.2. The van der Waals surface area contributed by atoms with Gasteiger partial charge in [0, 0.05) is 11.3 Å². The smallest absolute Gasteiger partial charge is 0.324 e. The normalized spacial score (nSPS) is 24.8. The molecule has 0 atom stereocenters. The van der Waals surface area contributed by atoms with Crippen molar-refractivity contribution >= 4 is 23.7 Å². The molecule has 1 heterocycles. The van der Waals surface area contributed by atoms with Crippen LogP contribution in [0.3, 0.4) is 0 Å². The molecule has 1 saturated carbocycles. The van der Waals surface area contributed by atoms with Gasteiger partial charge in [-0.1, -0.05) is 0 Å².